The van der Waals surface area contributed by atoms with E-state index in [2.05, 4.69) is 45.1 Å². The number of aliphatic hydroxyl groups is 3. The first-order chi connectivity index (χ1) is 14.0. The number of allylic oxidation sites excluding steroid dienone is 4. The summed E-state index contributed by atoms with van der Waals surface area (Å²) in [5.41, 5.74) is 2.43. The number of fused-ring (bicyclic) bond motifs is 1. The first-order valence-corrected chi connectivity index (χ1v) is 12.2. The summed E-state index contributed by atoms with van der Waals surface area (Å²) < 4.78 is 0. The van der Waals surface area contributed by atoms with E-state index in [1.807, 2.05) is 13.8 Å². The Balaban J connectivity index is 1.73. The molecule has 0 aromatic heterocycles. The van der Waals surface area contributed by atoms with Crippen LogP contribution in [0.2, 0.25) is 0 Å². The summed E-state index contributed by atoms with van der Waals surface area (Å²) >= 11 is 0. The summed E-state index contributed by atoms with van der Waals surface area (Å²) in [6.45, 7) is 10.7. The fraction of sp³-hybridized carbons (Fsp3) is 0.778. The van der Waals surface area contributed by atoms with Crippen LogP contribution in [-0.4, -0.2) is 33.1 Å². The highest BCUT2D eigenvalue weighted by Crippen LogP contribution is 2.59. The lowest BCUT2D eigenvalue weighted by molar-refractivity contribution is 0.0436. The van der Waals surface area contributed by atoms with Crippen molar-refractivity contribution in [2.24, 2.45) is 29.1 Å². The zero-order valence-corrected chi connectivity index (χ0v) is 19.8. The zero-order valence-electron chi connectivity index (χ0n) is 19.8. The zero-order chi connectivity index (χ0) is 22.1. The summed E-state index contributed by atoms with van der Waals surface area (Å²) in [6.07, 6.45) is 16.5. The van der Waals surface area contributed by atoms with E-state index in [4.69, 9.17) is 0 Å². The SMILES string of the molecule is C[C@H](/C=C/[C@H](C)C(C)(C)O)C1CCC2/C(=C/C=C3C[C@@H](O)C[C@H](O)C3)CCC[C@@]21C. The molecular formula is C27H44O3. The Kier molecular flexibility index (Phi) is 7.37. The van der Waals surface area contributed by atoms with Gasteiger partial charge in [-0.2, -0.15) is 0 Å². The number of rotatable bonds is 5. The highest BCUT2D eigenvalue weighted by molar-refractivity contribution is 5.26. The summed E-state index contributed by atoms with van der Waals surface area (Å²) in [7, 11) is 0. The molecule has 3 fully saturated rings. The van der Waals surface area contributed by atoms with Gasteiger partial charge < -0.3 is 15.3 Å². The van der Waals surface area contributed by atoms with Gasteiger partial charge in [-0.25, -0.2) is 0 Å². The van der Waals surface area contributed by atoms with E-state index in [1.165, 1.54) is 37.7 Å². The highest BCUT2D eigenvalue weighted by atomic mass is 16.3. The lowest BCUT2D eigenvalue weighted by Gasteiger charge is -2.44. The van der Waals surface area contributed by atoms with Crippen molar-refractivity contribution < 1.29 is 15.3 Å². The molecule has 3 N–H and O–H groups in total. The average molecular weight is 417 g/mol. The molecule has 0 amide bonds. The van der Waals surface area contributed by atoms with Crippen LogP contribution in [0.5, 0.6) is 0 Å². The Hall–Kier alpha value is -0.900. The van der Waals surface area contributed by atoms with Gasteiger partial charge in [-0.05, 0) is 88.4 Å². The first kappa shape index (κ1) is 23.8. The van der Waals surface area contributed by atoms with E-state index in [9.17, 15) is 15.3 Å². The van der Waals surface area contributed by atoms with Crippen LogP contribution in [0.15, 0.2) is 35.5 Å². The Morgan fingerprint density at radius 2 is 1.70 bits per heavy atom. The highest BCUT2D eigenvalue weighted by Gasteiger charge is 2.50. The maximum atomic E-state index is 10.2. The molecule has 3 aliphatic rings. The van der Waals surface area contributed by atoms with Crippen LogP contribution in [0.3, 0.4) is 0 Å². The van der Waals surface area contributed by atoms with Crippen LogP contribution < -0.4 is 0 Å². The summed E-state index contributed by atoms with van der Waals surface area (Å²) in [5.74, 6) is 2.00. The smallest absolute Gasteiger partial charge is 0.0651 e. The van der Waals surface area contributed by atoms with Gasteiger partial charge in [-0.3, -0.25) is 0 Å². The molecule has 170 valence electrons. The summed E-state index contributed by atoms with van der Waals surface area (Å²) in [4.78, 5) is 0. The van der Waals surface area contributed by atoms with Crippen molar-refractivity contribution in [1.82, 2.24) is 0 Å². The van der Waals surface area contributed by atoms with Crippen molar-refractivity contribution in [2.75, 3.05) is 0 Å². The lowest BCUT2D eigenvalue weighted by Crippen LogP contribution is -2.35. The third-order valence-corrected chi connectivity index (χ3v) is 8.56. The van der Waals surface area contributed by atoms with Gasteiger partial charge in [-0.1, -0.05) is 56.2 Å². The average Bonchev–Trinajstić information content (AvgIpc) is 3.00. The molecule has 3 nitrogen and oxygen atoms in total. The second-order valence-electron chi connectivity index (χ2n) is 11.3. The van der Waals surface area contributed by atoms with Crippen LogP contribution in [0, 0.1) is 29.1 Å². The molecule has 0 aromatic carbocycles. The van der Waals surface area contributed by atoms with E-state index in [-0.39, 0.29) is 5.92 Å². The van der Waals surface area contributed by atoms with Crippen molar-refractivity contribution in [3.05, 3.63) is 35.5 Å². The molecule has 30 heavy (non-hydrogen) atoms. The van der Waals surface area contributed by atoms with Crippen molar-refractivity contribution in [1.29, 1.82) is 0 Å². The monoisotopic (exact) mass is 416 g/mol. The van der Waals surface area contributed by atoms with Gasteiger partial charge in [-0.15, -0.1) is 0 Å². The Labute approximate surface area is 184 Å². The van der Waals surface area contributed by atoms with E-state index in [1.54, 1.807) is 5.57 Å². The van der Waals surface area contributed by atoms with Gasteiger partial charge in [0.1, 0.15) is 0 Å². The molecule has 3 saturated carbocycles. The van der Waals surface area contributed by atoms with Gasteiger partial charge in [0.2, 0.25) is 0 Å². The quantitative estimate of drug-likeness (QED) is 0.514. The number of aliphatic hydroxyl groups excluding tert-OH is 2. The van der Waals surface area contributed by atoms with Gasteiger partial charge >= 0.3 is 0 Å². The standard InChI is InChI=1S/C27H44O3/c1-18(8-9-19(2)26(3,4)30)24-12-13-25-21(7-6-14-27(24,25)5)11-10-20-15-22(28)17-23(29)16-20/h8-11,18-19,22-25,28-30H,6-7,12-17H2,1-5H3/b9-8+,21-11+/t18-,19+,22-,23-,24?,25?,27-/m1/s1. The second-order valence-corrected chi connectivity index (χ2v) is 11.3. The van der Waals surface area contributed by atoms with Crippen molar-refractivity contribution in [3.63, 3.8) is 0 Å². The van der Waals surface area contributed by atoms with Crippen LogP contribution in [0.4, 0.5) is 0 Å². The molecule has 3 rings (SSSR count). The summed E-state index contributed by atoms with van der Waals surface area (Å²) in [5, 5.41) is 30.2. The predicted molar refractivity (Wildman–Crippen MR) is 124 cm³/mol. The molecule has 0 saturated heterocycles. The minimum Gasteiger partial charge on any atom is -0.393 e. The van der Waals surface area contributed by atoms with Crippen LogP contribution in [0.1, 0.15) is 86.0 Å². The summed E-state index contributed by atoms with van der Waals surface area (Å²) in [6, 6.07) is 0. The fourth-order valence-electron chi connectivity index (χ4n) is 6.39. The molecule has 0 spiro atoms. The van der Waals surface area contributed by atoms with E-state index in [0.717, 1.165) is 0 Å². The normalized spacial score (nSPS) is 38.7. The topological polar surface area (TPSA) is 60.7 Å². The number of hydrogen-bond acceptors (Lipinski definition) is 3. The van der Waals surface area contributed by atoms with Gasteiger partial charge in [0.25, 0.3) is 0 Å². The van der Waals surface area contributed by atoms with Crippen molar-refractivity contribution in [2.45, 2.75) is 104 Å². The van der Waals surface area contributed by atoms with Crippen LogP contribution >= 0.6 is 0 Å². The van der Waals surface area contributed by atoms with Gasteiger partial charge in [0, 0.05) is 5.92 Å². The van der Waals surface area contributed by atoms with Crippen molar-refractivity contribution >= 4 is 0 Å². The molecule has 3 heteroatoms. The maximum Gasteiger partial charge on any atom is 0.0651 e. The molecule has 2 unspecified atom stereocenters. The maximum absolute atomic E-state index is 10.2. The molecule has 7 atom stereocenters. The molecule has 3 aliphatic carbocycles. The minimum absolute atomic E-state index is 0.152. The number of hydrogen-bond donors (Lipinski definition) is 3. The van der Waals surface area contributed by atoms with Crippen LogP contribution in [-0.2, 0) is 0 Å². The van der Waals surface area contributed by atoms with Gasteiger partial charge in [0.05, 0.1) is 17.8 Å². The van der Waals surface area contributed by atoms with E-state index in [0.29, 0.717) is 42.4 Å². The second kappa shape index (κ2) is 9.30. The third-order valence-electron chi connectivity index (χ3n) is 8.56. The lowest BCUT2D eigenvalue weighted by atomic mass is 9.61. The molecule has 0 heterocycles. The first-order valence-electron chi connectivity index (χ1n) is 12.2. The predicted octanol–water partition coefficient (Wildman–Crippen LogP) is 5.56. The molecule has 0 radical (unpaired) electrons. The largest absolute Gasteiger partial charge is 0.393 e. The van der Waals surface area contributed by atoms with Crippen molar-refractivity contribution in [3.8, 4) is 0 Å². The Bertz CT molecular complexity index is 671. The van der Waals surface area contributed by atoms with Gasteiger partial charge in [0.15, 0.2) is 0 Å². The molecule has 0 bridgehead atoms. The van der Waals surface area contributed by atoms with E-state index >= 15 is 0 Å². The molecule has 0 aliphatic heterocycles. The fourth-order valence-corrected chi connectivity index (χ4v) is 6.39. The molecule has 0 aromatic rings. The molecular weight excluding hydrogens is 372 g/mol. The third kappa shape index (κ3) is 5.29. The Morgan fingerprint density at radius 3 is 2.33 bits per heavy atom. The minimum atomic E-state index is -0.674. The van der Waals surface area contributed by atoms with Crippen LogP contribution in [0.25, 0.3) is 0 Å². The Morgan fingerprint density at radius 1 is 1.03 bits per heavy atom. The van der Waals surface area contributed by atoms with E-state index < -0.39 is 17.8 Å².